The fourth-order valence-corrected chi connectivity index (χ4v) is 3.46. The Morgan fingerprint density at radius 1 is 1.23 bits per heavy atom. The monoisotopic (exact) mass is 436 g/mol. The van der Waals surface area contributed by atoms with Gasteiger partial charge in [-0.3, -0.25) is 9.59 Å². The molecule has 1 aromatic carbocycles. The average molecular weight is 437 g/mol. The number of fused-ring (bicyclic) bond motifs is 1. The second-order valence-corrected chi connectivity index (χ2v) is 7.62. The first-order chi connectivity index (χ1) is 14.2. The molecular formula is C20H16ClF3N4O2. The molecular weight excluding hydrogens is 421 g/mol. The van der Waals surface area contributed by atoms with Gasteiger partial charge in [-0.05, 0) is 29.8 Å². The maximum Gasteiger partial charge on any atom is 0.282 e. The van der Waals surface area contributed by atoms with E-state index in [1.807, 2.05) is 0 Å². The first-order valence-corrected chi connectivity index (χ1v) is 9.44. The molecule has 6 nitrogen and oxygen atoms in total. The van der Waals surface area contributed by atoms with Crippen molar-refractivity contribution in [1.82, 2.24) is 20.2 Å². The molecule has 30 heavy (non-hydrogen) atoms. The highest BCUT2D eigenvalue weighted by Crippen LogP contribution is 2.27. The third kappa shape index (κ3) is 4.25. The lowest BCUT2D eigenvalue weighted by atomic mass is 10.0. The largest absolute Gasteiger partial charge is 0.339 e. The lowest BCUT2D eigenvalue weighted by Crippen LogP contribution is -2.63. The number of aromatic nitrogens is 2. The number of carbonyl (C=O) groups is 2. The fraction of sp³-hybridized carbons (Fsp3) is 0.250. The van der Waals surface area contributed by atoms with Crippen LogP contribution in [0.3, 0.4) is 0 Å². The molecule has 0 spiro atoms. The van der Waals surface area contributed by atoms with Gasteiger partial charge in [0.1, 0.15) is 23.2 Å². The SMILES string of the molecule is O=C(N[C@@H](Cc1ccc(F)cc1)C(=O)N1CC(F)(F)C1)c1cc2cc(Cl)cnc2[nH]1. The normalized spacial score (nSPS) is 16.2. The van der Waals surface area contributed by atoms with Crippen LogP contribution in [0.1, 0.15) is 16.1 Å². The minimum absolute atomic E-state index is 0.0250. The quantitative estimate of drug-likeness (QED) is 0.645. The van der Waals surface area contributed by atoms with E-state index in [2.05, 4.69) is 15.3 Å². The standard InChI is InChI=1S/C20H16ClF3N4O2/c21-13-6-12-7-15(26-17(12)25-8-13)18(29)27-16(5-11-1-3-14(22)4-2-11)19(30)28-9-20(23,24)10-28/h1-4,6-8,16H,5,9-10H2,(H,25,26)(H,27,29)/t16-/m0/s1. The molecule has 1 atom stereocenters. The van der Waals surface area contributed by atoms with Crippen molar-refractivity contribution in [3.8, 4) is 0 Å². The van der Waals surface area contributed by atoms with Crippen LogP contribution in [-0.4, -0.2) is 51.7 Å². The predicted octanol–water partition coefficient (Wildman–Crippen LogP) is 3.17. The highest BCUT2D eigenvalue weighted by Gasteiger charge is 2.47. The molecule has 0 radical (unpaired) electrons. The molecule has 1 aliphatic rings. The van der Waals surface area contributed by atoms with Crippen LogP contribution in [0.4, 0.5) is 13.2 Å². The highest BCUT2D eigenvalue weighted by atomic mass is 35.5. The maximum absolute atomic E-state index is 13.2. The lowest BCUT2D eigenvalue weighted by molar-refractivity contribution is -0.167. The van der Waals surface area contributed by atoms with Gasteiger partial charge in [0.15, 0.2) is 0 Å². The van der Waals surface area contributed by atoms with E-state index in [9.17, 15) is 22.8 Å². The number of carbonyl (C=O) groups excluding carboxylic acids is 2. The molecule has 1 fully saturated rings. The molecule has 10 heteroatoms. The summed E-state index contributed by atoms with van der Waals surface area (Å²) in [7, 11) is 0. The average Bonchev–Trinajstić information content (AvgIpc) is 3.10. The minimum atomic E-state index is -2.93. The van der Waals surface area contributed by atoms with E-state index in [0.717, 1.165) is 4.90 Å². The number of nitrogens with one attached hydrogen (secondary N) is 2. The second kappa shape index (κ2) is 7.64. The Balaban J connectivity index is 1.55. The number of hydrogen-bond acceptors (Lipinski definition) is 3. The van der Waals surface area contributed by atoms with Crippen LogP contribution in [0.25, 0.3) is 11.0 Å². The zero-order valence-electron chi connectivity index (χ0n) is 15.5. The van der Waals surface area contributed by atoms with Crippen LogP contribution in [0.15, 0.2) is 42.6 Å². The van der Waals surface area contributed by atoms with Crippen LogP contribution < -0.4 is 5.32 Å². The lowest BCUT2D eigenvalue weighted by Gasteiger charge is -2.40. The number of amides is 2. The zero-order valence-corrected chi connectivity index (χ0v) is 16.2. The van der Waals surface area contributed by atoms with Gasteiger partial charge in [0.2, 0.25) is 5.91 Å². The Morgan fingerprint density at radius 3 is 2.60 bits per heavy atom. The molecule has 1 saturated heterocycles. The van der Waals surface area contributed by atoms with E-state index in [1.165, 1.54) is 36.5 Å². The molecule has 2 amide bonds. The number of aromatic amines is 1. The molecule has 4 rings (SSSR count). The van der Waals surface area contributed by atoms with Crippen LogP contribution >= 0.6 is 11.6 Å². The molecule has 0 saturated carbocycles. The summed E-state index contributed by atoms with van der Waals surface area (Å²) in [6.45, 7) is -1.40. The molecule has 156 valence electrons. The number of benzene rings is 1. The van der Waals surface area contributed by atoms with Crippen molar-refractivity contribution in [3.63, 3.8) is 0 Å². The summed E-state index contributed by atoms with van der Waals surface area (Å²) in [5.41, 5.74) is 1.16. The second-order valence-electron chi connectivity index (χ2n) is 7.18. The third-order valence-corrected chi connectivity index (χ3v) is 5.00. The van der Waals surface area contributed by atoms with E-state index in [-0.39, 0.29) is 12.1 Å². The van der Waals surface area contributed by atoms with Crippen molar-refractivity contribution < 1.29 is 22.8 Å². The number of pyridine rings is 1. The van der Waals surface area contributed by atoms with Crippen molar-refractivity contribution in [2.75, 3.05) is 13.1 Å². The first kappa shape index (κ1) is 20.2. The van der Waals surface area contributed by atoms with Crippen molar-refractivity contribution in [3.05, 3.63) is 64.7 Å². The summed E-state index contributed by atoms with van der Waals surface area (Å²) in [6.07, 6.45) is 1.45. The van der Waals surface area contributed by atoms with Crippen molar-refractivity contribution in [2.45, 2.75) is 18.4 Å². The Labute approximate surface area is 174 Å². The van der Waals surface area contributed by atoms with Gasteiger partial charge in [0, 0.05) is 18.0 Å². The van der Waals surface area contributed by atoms with Crippen LogP contribution in [0.2, 0.25) is 5.02 Å². The highest BCUT2D eigenvalue weighted by molar-refractivity contribution is 6.31. The first-order valence-electron chi connectivity index (χ1n) is 9.06. The van der Waals surface area contributed by atoms with Crippen LogP contribution in [-0.2, 0) is 11.2 Å². The van der Waals surface area contributed by atoms with Crippen molar-refractivity contribution >= 4 is 34.4 Å². The number of hydrogen-bond donors (Lipinski definition) is 2. The summed E-state index contributed by atoms with van der Waals surface area (Å²) in [5.74, 6) is -4.60. The minimum Gasteiger partial charge on any atom is -0.339 e. The molecule has 0 aliphatic carbocycles. The summed E-state index contributed by atoms with van der Waals surface area (Å²) in [5, 5.41) is 3.59. The van der Waals surface area contributed by atoms with Crippen molar-refractivity contribution in [2.24, 2.45) is 0 Å². The smallest absolute Gasteiger partial charge is 0.282 e. The van der Waals surface area contributed by atoms with E-state index in [1.54, 1.807) is 6.07 Å². The summed E-state index contributed by atoms with van der Waals surface area (Å²) in [6, 6.07) is 7.46. The number of H-pyrrole nitrogens is 1. The van der Waals surface area contributed by atoms with E-state index < -0.39 is 42.7 Å². The van der Waals surface area contributed by atoms with Gasteiger partial charge in [-0.2, -0.15) is 0 Å². The topological polar surface area (TPSA) is 78.1 Å². The zero-order chi connectivity index (χ0) is 21.5. The summed E-state index contributed by atoms with van der Waals surface area (Å²) >= 11 is 5.90. The molecule has 3 aromatic rings. The van der Waals surface area contributed by atoms with E-state index in [4.69, 9.17) is 11.6 Å². The predicted molar refractivity (Wildman–Crippen MR) is 104 cm³/mol. The third-order valence-electron chi connectivity index (χ3n) is 4.79. The van der Waals surface area contributed by atoms with Crippen LogP contribution in [0, 0.1) is 5.82 Å². The molecule has 0 bridgehead atoms. The molecule has 2 N–H and O–H groups in total. The number of halogens is 4. The van der Waals surface area contributed by atoms with Crippen LogP contribution in [0.5, 0.6) is 0 Å². The van der Waals surface area contributed by atoms with Gasteiger partial charge in [-0.25, -0.2) is 18.2 Å². The fourth-order valence-electron chi connectivity index (χ4n) is 3.29. The van der Waals surface area contributed by atoms with Gasteiger partial charge >= 0.3 is 0 Å². The van der Waals surface area contributed by atoms with Gasteiger partial charge in [-0.1, -0.05) is 23.7 Å². The summed E-state index contributed by atoms with van der Waals surface area (Å²) in [4.78, 5) is 33.4. The van der Waals surface area contributed by atoms with E-state index in [0.29, 0.717) is 21.6 Å². The molecule has 0 unspecified atom stereocenters. The maximum atomic E-state index is 13.2. The Kier molecular flexibility index (Phi) is 5.15. The van der Waals surface area contributed by atoms with Gasteiger partial charge in [0.05, 0.1) is 18.1 Å². The Bertz CT molecular complexity index is 1110. The molecule has 2 aromatic heterocycles. The molecule has 3 heterocycles. The summed E-state index contributed by atoms with van der Waals surface area (Å²) < 4.78 is 39.6. The Hall–Kier alpha value is -3.07. The number of likely N-dealkylation sites (tertiary alicyclic amines) is 1. The van der Waals surface area contributed by atoms with Gasteiger partial charge in [0.25, 0.3) is 11.8 Å². The molecule has 1 aliphatic heterocycles. The van der Waals surface area contributed by atoms with Gasteiger partial charge in [-0.15, -0.1) is 0 Å². The van der Waals surface area contributed by atoms with Gasteiger partial charge < -0.3 is 15.2 Å². The number of rotatable bonds is 5. The van der Waals surface area contributed by atoms with Crippen molar-refractivity contribution in [1.29, 1.82) is 0 Å². The Morgan fingerprint density at radius 2 is 1.93 bits per heavy atom. The number of nitrogens with zero attached hydrogens (tertiary/aromatic N) is 2. The van der Waals surface area contributed by atoms with E-state index >= 15 is 0 Å². The number of alkyl halides is 2.